The molecule has 90 heavy (non-hydrogen) atoms. The number of hydrogen-bond acceptors (Lipinski definition) is 30. The Morgan fingerprint density at radius 2 is 0.911 bits per heavy atom. The van der Waals surface area contributed by atoms with Gasteiger partial charge in [0.1, 0.15) is 128 Å². The smallest absolute Gasteiger partial charge is 0.187 e. The van der Waals surface area contributed by atoms with Gasteiger partial charge in [0.25, 0.3) is 0 Å². The van der Waals surface area contributed by atoms with Gasteiger partial charge in [-0.3, -0.25) is 0 Å². The Bertz CT molecular complexity index is 2360. The Morgan fingerprint density at radius 3 is 1.48 bits per heavy atom. The molecular formula is C60H98O30. The lowest BCUT2D eigenvalue weighted by Gasteiger charge is -2.61. The van der Waals surface area contributed by atoms with Crippen LogP contribution in [0.1, 0.15) is 91.9 Å². The van der Waals surface area contributed by atoms with Crippen LogP contribution in [0.15, 0.2) is 0 Å². The van der Waals surface area contributed by atoms with Crippen molar-refractivity contribution in [2.45, 2.75) is 276 Å². The van der Waals surface area contributed by atoms with Crippen molar-refractivity contribution >= 4 is 0 Å². The monoisotopic (exact) mass is 1300 g/mol. The molecule has 30 nitrogen and oxygen atoms in total. The van der Waals surface area contributed by atoms with Crippen LogP contribution in [0.3, 0.4) is 0 Å². The summed E-state index contributed by atoms with van der Waals surface area (Å²) in [5.74, 6) is 2.27. The summed E-state index contributed by atoms with van der Waals surface area (Å²) in [6.07, 6.45) is -40.3. The molecule has 1 spiro atoms. The second kappa shape index (κ2) is 27.3. The normalized spacial score (nSPS) is 57.3. The molecule has 0 bridgehead atoms. The van der Waals surface area contributed by atoms with E-state index in [4.69, 9.17) is 66.3 Å². The van der Waals surface area contributed by atoms with Gasteiger partial charge in [-0.05, 0) is 104 Å². The zero-order valence-corrected chi connectivity index (χ0v) is 51.2. The van der Waals surface area contributed by atoms with Gasteiger partial charge in [-0.25, -0.2) is 0 Å². The fourth-order valence-corrected chi connectivity index (χ4v) is 18.3. The van der Waals surface area contributed by atoms with Gasteiger partial charge in [0, 0.05) is 12.3 Å². The SMILES string of the molecule is C[C@@H]1CC[C@@]2(OC1)O[C@@H]1C[C@H]3[C@@H]4CC[C@H]5C[C@H](O[C@@H]6O[C@H](CO)[C@@H](O)[C@H](O[C@H]7O[C@@H](CO)[C@H](O)[C@@H](O[C@H]8OC[C@H](O)[C@@H](O)[C@@H]8O[C@H]8OC[C@H](O)[C@@H](O)[C@@H]8O)[C@@H]7O)[C@H]6O[C@@H]6O[C@H](CO)[C@@H](O)[C@H](O[C@H]7OC[C@H](O)[C@@H](O)[C@@H]7O)[C@H]6O)CC[C@@]5(C)[C@H]4CC[C@@]3(C)[C@@H]1[C@H]2C. The van der Waals surface area contributed by atoms with E-state index in [1.54, 1.807) is 0 Å². The van der Waals surface area contributed by atoms with Crippen molar-refractivity contribution in [2.75, 3.05) is 46.2 Å². The Morgan fingerprint density at radius 1 is 0.411 bits per heavy atom. The van der Waals surface area contributed by atoms with Gasteiger partial charge in [0.15, 0.2) is 43.5 Å². The number of aliphatic hydroxyl groups excluding tert-OH is 16. The van der Waals surface area contributed by atoms with Crippen LogP contribution in [-0.2, 0) is 66.3 Å². The molecular weight excluding hydrogens is 1200 g/mol. The van der Waals surface area contributed by atoms with E-state index < -0.39 is 217 Å². The van der Waals surface area contributed by atoms with E-state index in [2.05, 4.69) is 27.7 Å². The molecule has 12 rings (SSSR count). The van der Waals surface area contributed by atoms with Gasteiger partial charge in [0.05, 0.1) is 58.5 Å². The van der Waals surface area contributed by atoms with Crippen molar-refractivity contribution in [2.24, 2.45) is 52.3 Å². The molecule has 8 heterocycles. The summed E-state index contributed by atoms with van der Waals surface area (Å²) in [7, 11) is 0. The van der Waals surface area contributed by atoms with E-state index in [0.29, 0.717) is 49.0 Å². The van der Waals surface area contributed by atoms with Crippen LogP contribution in [0, 0.1) is 52.3 Å². The van der Waals surface area contributed by atoms with Crippen LogP contribution in [0.25, 0.3) is 0 Å². The van der Waals surface area contributed by atoms with Crippen LogP contribution in [-0.4, -0.2) is 312 Å². The van der Waals surface area contributed by atoms with Crippen LogP contribution in [0.2, 0.25) is 0 Å². The summed E-state index contributed by atoms with van der Waals surface area (Å²) < 4.78 is 86.2. The lowest BCUT2D eigenvalue weighted by molar-refractivity contribution is -0.407. The lowest BCUT2D eigenvalue weighted by Crippen LogP contribution is -2.68. The average Bonchev–Trinajstić information content (AvgIpc) is 1.50. The van der Waals surface area contributed by atoms with Gasteiger partial charge in [-0.1, -0.05) is 27.7 Å². The maximum Gasteiger partial charge on any atom is 0.187 e. The fraction of sp³-hybridized carbons (Fsp3) is 1.00. The molecule has 0 amide bonds. The first-order chi connectivity index (χ1) is 42.8. The quantitative estimate of drug-likeness (QED) is 0.0681. The molecule has 8 saturated heterocycles. The number of aliphatic hydroxyl groups is 16. The Labute approximate surface area is 520 Å². The van der Waals surface area contributed by atoms with Crippen molar-refractivity contribution in [3.8, 4) is 0 Å². The van der Waals surface area contributed by atoms with Crippen LogP contribution in [0.5, 0.6) is 0 Å². The van der Waals surface area contributed by atoms with Crippen molar-refractivity contribution in [1.82, 2.24) is 0 Å². The Kier molecular flexibility index (Phi) is 20.8. The van der Waals surface area contributed by atoms with Crippen LogP contribution in [0.4, 0.5) is 0 Å². The summed E-state index contributed by atoms with van der Waals surface area (Å²) in [5, 5.41) is 176. The summed E-state index contributed by atoms with van der Waals surface area (Å²) in [6.45, 7) is 5.84. The van der Waals surface area contributed by atoms with Crippen molar-refractivity contribution in [1.29, 1.82) is 0 Å². The number of fused-ring (bicyclic) bond motifs is 7. The molecule has 8 aliphatic heterocycles. The first-order valence-electron chi connectivity index (χ1n) is 32.6. The fourth-order valence-electron chi connectivity index (χ4n) is 18.3. The van der Waals surface area contributed by atoms with Gasteiger partial charge in [-0.2, -0.15) is 0 Å². The zero-order valence-electron chi connectivity index (χ0n) is 51.2. The van der Waals surface area contributed by atoms with Gasteiger partial charge in [0.2, 0.25) is 0 Å². The largest absolute Gasteiger partial charge is 0.394 e. The molecule has 39 atom stereocenters. The summed E-state index contributed by atoms with van der Waals surface area (Å²) >= 11 is 0. The highest BCUT2D eigenvalue weighted by Gasteiger charge is 2.70. The third kappa shape index (κ3) is 12.3. The molecule has 0 aromatic rings. The molecule has 16 N–H and O–H groups in total. The summed E-state index contributed by atoms with van der Waals surface area (Å²) in [5.41, 5.74) is 0.0358. The zero-order chi connectivity index (χ0) is 64.2. The van der Waals surface area contributed by atoms with Gasteiger partial charge >= 0.3 is 0 Å². The maximum absolute atomic E-state index is 12.3. The van der Waals surface area contributed by atoms with E-state index >= 15 is 0 Å². The molecule has 12 aliphatic rings. The molecule has 4 aliphatic carbocycles. The van der Waals surface area contributed by atoms with E-state index in [1.165, 1.54) is 0 Å². The second-order valence-corrected chi connectivity index (χ2v) is 28.6. The third-order valence-corrected chi connectivity index (χ3v) is 23.4. The molecule has 0 aromatic heterocycles. The number of hydrogen-bond donors (Lipinski definition) is 16. The molecule has 518 valence electrons. The Balaban J connectivity index is 0.802. The standard InChI is InChI=1S/C60H98O30/c1-22-7-12-60(80-18-22)23(2)36-32(90-60)14-28-26-6-5-24-13-25(8-10-58(24,3)27(26)9-11-59(28,36)4)81-57-51(89-55-45(75)47(40(70)33(15-61)83-55)85-52-43(73)37(67)29(64)19-77-52)49(42(72)35(17-63)84-57)87-54-46(76)48(41(71)34(16-62)82-54)86-56-50(39(69)31(66)21-79-56)88-53-44(74)38(68)30(65)20-78-53/h22-57,61-76H,5-21H2,1-4H3/t22-,23-,24+,25-,26-,27+,28+,29+,30+,31+,32-,33-,34+,35-,36-,37-,38-,39-,40-,41+,42-,43+,44+,45-,46+,47+,48-,49+,50+,51-,52-,53-,54-,55+,56-,57-,58-,59-,60-/m1/s1. The van der Waals surface area contributed by atoms with Crippen LogP contribution < -0.4 is 0 Å². The highest BCUT2D eigenvalue weighted by atomic mass is 16.8. The van der Waals surface area contributed by atoms with E-state index in [0.717, 1.165) is 51.4 Å². The topological polar surface area (TPSA) is 453 Å². The summed E-state index contributed by atoms with van der Waals surface area (Å²) in [4.78, 5) is 0. The number of rotatable bonds is 15. The van der Waals surface area contributed by atoms with Crippen molar-refractivity contribution in [3.63, 3.8) is 0 Å². The number of ether oxygens (including phenoxy) is 14. The molecule has 0 unspecified atom stereocenters. The Hall–Kier alpha value is -1.20. The third-order valence-electron chi connectivity index (χ3n) is 23.4. The van der Waals surface area contributed by atoms with E-state index in [-0.39, 0.29) is 28.8 Å². The minimum Gasteiger partial charge on any atom is -0.394 e. The van der Waals surface area contributed by atoms with Gasteiger partial charge in [-0.15, -0.1) is 0 Å². The summed E-state index contributed by atoms with van der Waals surface area (Å²) in [6, 6.07) is 0. The average molecular weight is 1300 g/mol. The van der Waals surface area contributed by atoms with E-state index in [9.17, 15) is 81.7 Å². The molecule has 0 aromatic carbocycles. The van der Waals surface area contributed by atoms with Crippen molar-refractivity contribution < 1.29 is 148 Å². The highest BCUT2D eigenvalue weighted by Crippen LogP contribution is 2.71. The first kappa shape index (κ1) is 68.7. The van der Waals surface area contributed by atoms with Crippen LogP contribution >= 0.6 is 0 Å². The minimum atomic E-state index is -2.15. The minimum absolute atomic E-state index is 0.0690. The highest BCUT2D eigenvalue weighted by molar-refractivity contribution is 5.16. The van der Waals surface area contributed by atoms with Crippen molar-refractivity contribution in [3.05, 3.63) is 0 Å². The van der Waals surface area contributed by atoms with Gasteiger partial charge < -0.3 is 148 Å². The first-order valence-corrected chi connectivity index (χ1v) is 32.6. The predicted molar refractivity (Wildman–Crippen MR) is 296 cm³/mol. The molecule has 0 radical (unpaired) electrons. The second-order valence-electron chi connectivity index (χ2n) is 28.6. The van der Waals surface area contributed by atoms with E-state index in [1.807, 2.05) is 0 Å². The predicted octanol–water partition coefficient (Wildman–Crippen LogP) is -5.34. The molecule has 30 heteroatoms. The lowest BCUT2D eigenvalue weighted by atomic mass is 9.44. The molecule has 12 fully saturated rings. The molecule has 4 saturated carbocycles. The maximum atomic E-state index is 12.3.